The summed E-state index contributed by atoms with van der Waals surface area (Å²) >= 11 is 0. The maximum absolute atomic E-state index is 12.1. The Kier molecular flexibility index (Phi) is 5.14. The van der Waals surface area contributed by atoms with E-state index in [0.29, 0.717) is 6.42 Å². The van der Waals surface area contributed by atoms with Crippen molar-refractivity contribution in [1.29, 1.82) is 0 Å². The molecule has 0 spiro atoms. The molecule has 0 atom stereocenters. The van der Waals surface area contributed by atoms with E-state index in [2.05, 4.69) is 5.32 Å². The van der Waals surface area contributed by atoms with Crippen molar-refractivity contribution in [3.05, 3.63) is 23.8 Å². The van der Waals surface area contributed by atoms with Gasteiger partial charge in [-0.1, -0.05) is 13.0 Å². The maximum Gasteiger partial charge on any atom is 0.255 e. The molecule has 0 radical (unpaired) electrons. The quantitative estimate of drug-likeness (QED) is 0.594. The molecule has 0 aliphatic carbocycles. The minimum atomic E-state index is -1.10. The molecule has 1 amide bonds. The van der Waals surface area contributed by atoms with Crippen molar-refractivity contribution in [3.8, 4) is 11.5 Å². The van der Waals surface area contributed by atoms with E-state index < -0.39 is 24.7 Å². The molecule has 0 aliphatic rings. The monoisotopic (exact) mass is 269 g/mol. The molecule has 1 rings (SSSR count). The second-order valence-electron chi connectivity index (χ2n) is 4.26. The van der Waals surface area contributed by atoms with Crippen molar-refractivity contribution in [2.45, 2.75) is 18.9 Å². The highest BCUT2D eigenvalue weighted by atomic mass is 16.5. The van der Waals surface area contributed by atoms with E-state index in [1.165, 1.54) is 19.2 Å². The molecular formula is C13H19NO5. The smallest absolute Gasteiger partial charge is 0.255 e. The number of hydrogen-bond acceptors (Lipinski definition) is 5. The number of methoxy groups -OCH3 is 1. The second-order valence-corrected chi connectivity index (χ2v) is 4.26. The molecule has 0 heterocycles. The number of amides is 1. The number of aliphatic hydroxyl groups is 2. The Labute approximate surface area is 111 Å². The number of benzene rings is 1. The molecule has 106 valence electrons. The Morgan fingerprint density at radius 2 is 2.00 bits per heavy atom. The lowest BCUT2D eigenvalue weighted by molar-refractivity contribution is 0.0650. The van der Waals surface area contributed by atoms with Crippen LogP contribution in [0.5, 0.6) is 11.5 Å². The van der Waals surface area contributed by atoms with E-state index >= 15 is 0 Å². The van der Waals surface area contributed by atoms with Crippen LogP contribution in [-0.2, 0) is 0 Å². The summed E-state index contributed by atoms with van der Waals surface area (Å²) in [4.78, 5) is 12.1. The lowest BCUT2D eigenvalue weighted by Crippen LogP contribution is -2.53. The van der Waals surface area contributed by atoms with Gasteiger partial charge in [0.05, 0.1) is 31.4 Å². The highest BCUT2D eigenvalue weighted by Crippen LogP contribution is 2.29. The Hall–Kier alpha value is -1.79. The first-order chi connectivity index (χ1) is 9.03. The number of carbonyl (C=O) groups is 1. The van der Waals surface area contributed by atoms with Gasteiger partial charge in [-0.2, -0.15) is 0 Å². The summed E-state index contributed by atoms with van der Waals surface area (Å²) in [5.41, 5.74) is -1.08. The Morgan fingerprint density at radius 1 is 1.37 bits per heavy atom. The van der Waals surface area contributed by atoms with E-state index in [4.69, 9.17) is 4.74 Å². The van der Waals surface area contributed by atoms with Gasteiger partial charge in [0.25, 0.3) is 5.91 Å². The van der Waals surface area contributed by atoms with Gasteiger partial charge < -0.3 is 25.4 Å². The summed E-state index contributed by atoms with van der Waals surface area (Å²) in [6.45, 7) is 0.949. The molecule has 0 unspecified atom stereocenters. The summed E-state index contributed by atoms with van der Waals surface area (Å²) in [5.74, 6) is -0.674. The van der Waals surface area contributed by atoms with E-state index in [1.54, 1.807) is 13.0 Å². The molecule has 6 nitrogen and oxygen atoms in total. The number of phenolic OH excluding ortho intramolecular Hbond substituents is 1. The molecule has 19 heavy (non-hydrogen) atoms. The predicted molar refractivity (Wildman–Crippen MR) is 69.3 cm³/mol. The van der Waals surface area contributed by atoms with E-state index in [9.17, 15) is 20.1 Å². The van der Waals surface area contributed by atoms with Crippen LogP contribution in [0.3, 0.4) is 0 Å². The van der Waals surface area contributed by atoms with Crippen LogP contribution in [-0.4, -0.2) is 47.1 Å². The van der Waals surface area contributed by atoms with Crippen LogP contribution in [0.4, 0.5) is 0 Å². The fourth-order valence-electron chi connectivity index (χ4n) is 1.62. The first kappa shape index (κ1) is 15.3. The fourth-order valence-corrected chi connectivity index (χ4v) is 1.62. The van der Waals surface area contributed by atoms with Gasteiger partial charge in [0.15, 0.2) is 11.5 Å². The minimum Gasteiger partial charge on any atom is -0.504 e. The third-order valence-electron chi connectivity index (χ3n) is 3.12. The molecule has 0 saturated heterocycles. The predicted octanol–water partition coefficient (Wildman–Crippen LogP) is 0.264. The molecule has 0 fully saturated rings. The average Bonchev–Trinajstić information content (AvgIpc) is 2.45. The van der Waals surface area contributed by atoms with Gasteiger partial charge in [0.1, 0.15) is 0 Å². The second kappa shape index (κ2) is 6.40. The number of aliphatic hydroxyl groups excluding tert-OH is 2. The number of nitrogens with one attached hydrogen (secondary N) is 1. The molecule has 0 saturated carbocycles. The van der Waals surface area contributed by atoms with Crippen LogP contribution in [0, 0.1) is 0 Å². The number of rotatable bonds is 6. The SMILES string of the molecule is CCC(CO)(CO)NC(=O)c1cccc(OC)c1O. The zero-order valence-electron chi connectivity index (χ0n) is 11.0. The summed E-state index contributed by atoms with van der Waals surface area (Å²) in [6, 6.07) is 4.53. The summed E-state index contributed by atoms with van der Waals surface area (Å²) in [7, 11) is 1.38. The van der Waals surface area contributed by atoms with Crippen molar-refractivity contribution < 1.29 is 24.9 Å². The summed E-state index contributed by atoms with van der Waals surface area (Å²) in [5, 5.41) is 31.0. The molecule has 0 bridgehead atoms. The van der Waals surface area contributed by atoms with Crippen LogP contribution in [0.1, 0.15) is 23.7 Å². The lowest BCUT2D eigenvalue weighted by Gasteiger charge is -2.29. The van der Waals surface area contributed by atoms with Gasteiger partial charge in [-0.15, -0.1) is 0 Å². The van der Waals surface area contributed by atoms with Gasteiger partial charge in [-0.05, 0) is 18.6 Å². The summed E-state index contributed by atoms with van der Waals surface area (Å²) in [6.07, 6.45) is 0.358. The van der Waals surface area contributed by atoms with E-state index in [-0.39, 0.29) is 17.1 Å². The third-order valence-corrected chi connectivity index (χ3v) is 3.12. The zero-order valence-corrected chi connectivity index (χ0v) is 11.0. The number of ether oxygens (including phenoxy) is 1. The molecular weight excluding hydrogens is 250 g/mol. The third kappa shape index (κ3) is 3.15. The van der Waals surface area contributed by atoms with Crippen molar-refractivity contribution in [2.24, 2.45) is 0 Å². The summed E-state index contributed by atoms with van der Waals surface area (Å²) < 4.78 is 4.92. The molecule has 0 aliphatic heterocycles. The Bertz CT molecular complexity index is 434. The number of carbonyl (C=O) groups excluding carboxylic acids is 1. The first-order valence-electron chi connectivity index (χ1n) is 5.93. The van der Waals surface area contributed by atoms with E-state index in [0.717, 1.165) is 0 Å². The Balaban J connectivity index is 3.01. The van der Waals surface area contributed by atoms with Crippen molar-refractivity contribution >= 4 is 5.91 Å². The lowest BCUT2D eigenvalue weighted by atomic mass is 9.97. The van der Waals surface area contributed by atoms with E-state index in [1.807, 2.05) is 0 Å². The first-order valence-corrected chi connectivity index (χ1v) is 5.93. The fraction of sp³-hybridized carbons (Fsp3) is 0.462. The molecule has 1 aromatic rings. The van der Waals surface area contributed by atoms with Crippen LogP contribution in [0.2, 0.25) is 0 Å². The number of hydrogen-bond donors (Lipinski definition) is 4. The zero-order chi connectivity index (χ0) is 14.5. The highest BCUT2D eigenvalue weighted by molar-refractivity contribution is 5.98. The number of phenols is 1. The van der Waals surface area contributed by atoms with Gasteiger partial charge in [-0.3, -0.25) is 4.79 Å². The van der Waals surface area contributed by atoms with Crippen LogP contribution < -0.4 is 10.1 Å². The largest absolute Gasteiger partial charge is 0.504 e. The standard InChI is InChI=1S/C13H19NO5/c1-3-13(7-15,8-16)14-12(18)9-5-4-6-10(19-2)11(9)17/h4-6,15-17H,3,7-8H2,1-2H3,(H,14,18). The van der Waals surface area contributed by atoms with Crippen LogP contribution in [0.15, 0.2) is 18.2 Å². The Morgan fingerprint density at radius 3 is 2.47 bits per heavy atom. The van der Waals surface area contributed by atoms with Crippen molar-refractivity contribution in [1.82, 2.24) is 5.32 Å². The molecule has 6 heteroatoms. The normalized spacial score (nSPS) is 11.2. The maximum atomic E-state index is 12.1. The average molecular weight is 269 g/mol. The number of aromatic hydroxyl groups is 1. The van der Waals surface area contributed by atoms with Gasteiger partial charge in [0, 0.05) is 0 Å². The molecule has 1 aromatic carbocycles. The van der Waals surface area contributed by atoms with Gasteiger partial charge in [-0.25, -0.2) is 0 Å². The van der Waals surface area contributed by atoms with Crippen LogP contribution >= 0.6 is 0 Å². The van der Waals surface area contributed by atoms with Gasteiger partial charge >= 0.3 is 0 Å². The minimum absolute atomic E-state index is 0.0269. The highest BCUT2D eigenvalue weighted by Gasteiger charge is 2.30. The van der Waals surface area contributed by atoms with Gasteiger partial charge in [0.2, 0.25) is 0 Å². The molecule has 0 aromatic heterocycles. The molecule has 4 N–H and O–H groups in total. The van der Waals surface area contributed by atoms with Crippen molar-refractivity contribution in [3.63, 3.8) is 0 Å². The van der Waals surface area contributed by atoms with Crippen molar-refractivity contribution in [2.75, 3.05) is 20.3 Å². The topological polar surface area (TPSA) is 99.0 Å². The number of para-hydroxylation sites is 1. The van der Waals surface area contributed by atoms with Crippen LogP contribution in [0.25, 0.3) is 0 Å².